The highest BCUT2D eigenvalue weighted by molar-refractivity contribution is 7.10. The zero-order chi connectivity index (χ0) is 8.97. The van der Waals surface area contributed by atoms with E-state index < -0.39 is 6.10 Å². The molecule has 68 valence electrons. The molecule has 0 saturated carbocycles. The normalized spacial score (nSPS) is 13.2. The van der Waals surface area contributed by atoms with Crippen molar-refractivity contribution in [2.24, 2.45) is 0 Å². The van der Waals surface area contributed by atoms with Crippen molar-refractivity contribution in [3.63, 3.8) is 0 Å². The highest BCUT2D eigenvalue weighted by Crippen LogP contribution is 2.24. The van der Waals surface area contributed by atoms with Gasteiger partial charge in [-0.25, -0.2) is 0 Å². The number of hydrogen-bond donors (Lipinski definition) is 1. The number of ether oxygens (including phenoxy) is 1. The van der Waals surface area contributed by atoms with Crippen LogP contribution >= 0.6 is 11.3 Å². The molecule has 1 atom stereocenters. The van der Waals surface area contributed by atoms with Crippen LogP contribution in [0.4, 0.5) is 0 Å². The van der Waals surface area contributed by atoms with E-state index in [1.807, 2.05) is 5.38 Å². The molecule has 0 spiro atoms. The Morgan fingerprint density at radius 2 is 2.42 bits per heavy atom. The molecule has 3 heteroatoms. The Morgan fingerprint density at radius 3 is 3.00 bits per heavy atom. The maximum absolute atomic E-state index is 9.61. The van der Waals surface area contributed by atoms with Crippen LogP contribution in [0.25, 0.3) is 0 Å². The first kappa shape index (κ1) is 9.71. The van der Waals surface area contributed by atoms with E-state index in [0.29, 0.717) is 6.61 Å². The number of aryl methyl sites for hydroxylation is 1. The summed E-state index contributed by atoms with van der Waals surface area (Å²) in [5.41, 5.74) is 1.23. The summed E-state index contributed by atoms with van der Waals surface area (Å²) in [6.07, 6.45) is 0.518. The summed E-state index contributed by atoms with van der Waals surface area (Å²) in [7, 11) is 1.60. The van der Waals surface area contributed by atoms with Crippen molar-refractivity contribution in [3.05, 3.63) is 21.9 Å². The topological polar surface area (TPSA) is 29.5 Å². The van der Waals surface area contributed by atoms with E-state index in [4.69, 9.17) is 4.74 Å². The summed E-state index contributed by atoms with van der Waals surface area (Å²) in [6, 6.07) is 2.05. The van der Waals surface area contributed by atoms with Gasteiger partial charge in [0.25, 0.3) is 0 Å². The molecule has 1 aromatic rings. The Morgan fingerprint density at radius 1 is 1.67 bits per heavy atom. The van der Waals surface area contributed by atoms with Gasteiger partial charge in [-0.2, -0.15) is 0 Å². The lowest BCUT2D eigenvalue weighted by atomic mass is 10.1. The van der Waals surface area contributed by atoms with Gasteiger partial charge in [-0.3, -0.25) is 0 Å². The number of thiophene rings is 1. The van der Waals surface area contributed by atoms with Gasteiger partial charge >= 0.3 is 0 Å². The monoisotopic (exact) mass is 186 g/mol. The molecule has 12 heavy (non-hydrogen) atoms. The van der Waals surface area contributed by atoms with Crippen molar-refractivity contribution in [2.45, 2.75) is 19.4 Å². The van der Waals surface area contributed by atoms with Crippen LogP contribution in [0.2, 0.25) is 0 Å². The van der Waals surface area contributed by atoms with Gasteiger partial charge in [-0.15, -0.1) is 11.3 Å². The van der Waals surface area contributed by atoms with Crippen molar-refractivity contribution >= 4 is 11.3 Å². The number of hydrogen-bond acceptors (Lipinski definition) is 3. The highest BCUT2D eigenvalue weighted by atomic mass is 32.1. The van der Waals surface area contributed by atoms with E-state index in [2.05, 4.69) is 13.0 Å². The van der Waals surface area contributed by atoms with Crippen LogP contribution in [0.3, 0.4) is 0 Å². The van der Waals surface area contributed by atoms with Gasteiger partial charge in [0.05, 0.1) is 6.61 Å². The first-order chi connectivity index (χ1) is 5.79. The molecule has 2 nitrogen and oxygen atoms in total. The van der Waals surface area contributed by atoms with Crippen molar-refractivity contribution < 1.29 is 9.84 Å². The van der Waals surface area contributed by atoms with Crippen LogP contribution in [0.5, 0.6) is 0 Å². The summed E-state index contributed by atoms with van der Waals surface area (Å²) in [5.74, 6) is 0. The van der Waals surface area contributed by atoms with Crippen molar-refractivity contribution in [2.75, 3.05) is 13.7 Å². The Hall–Kier alpha value is -0.380. The molecule has 0 radical (unpaired) electrons. The van der Waals surface area contributed by atoms with Gasteiger partial charge in [0.1, 0.15) is 6.10 Å². The molecule has 1 N–H and O–H groups in total. The zero-order valence-electron chi connectivity index (χ0n) is 7.41. The third kappa shape index (κ3) is 2.06. The number of aliphatic hydroxyl groups excluding tert-OH is 1. The second kappa shape index (κ2) is 4.60. The molecule has 0 aliphatic rings. The standard InChI is InChI=1S/C9H14O2S/c1-3-7-4-5-12-9(7)8(10)6-11-2/h4-5,8,10H,3,6H2,1-2H3. The Kier molecular flexibility index (Phi) is 3.72. The lowest BCUT2D eigenvalue weighted by Gasteiger charge is -2.08. The fourth-order valence-corrected chi connectivity index (χ4v) is 2.13. The third-order valence-electron chi connectivity index (χ3n) is 1.79. The summed E-state index contributed by atoms with van der Waals surface area (Å²) >= 11 is 1.59. The average Bonchev–Trinajstić information content (AvgIpc) is 2.51. The minimum Gasteiger partial charge on any atom is -0.385 e. The molecule has 0 fully saturated rings. The second-order valence-corrected chi connectivity index (χ2v) is 3.58. The van der Waals surface area contributed by atoms with E-state index in [0.717, 1.165) is 11.3 Å². The van der Waals surface area contributed by atoms with E-state index in [9.17, 15) is 5.11 Å². The van der Waals surface area contributed by atoms with Gasteiger partial charge < -0.3 is 9.84 Å². The smallest absolute Gasteiger partial charge is 0.112 e. The molecule has 1 unspecified atom stereocenters. The molecule has 0 aliphatic carbocycles. The van der Waals surface area contributed by atoms with Crippen molar-refractivity contribution in [1.29, 1.82) is 0 Å². The van der Waals surface area contributed by atoms with E-state index in [-0.39, 0.29) is 0 Å². The predicted molar refractivity (Wildman–Crippen MR) is 50.5 cm³/mol. The van der Waals surface area contributed by atoms with Crippen LogP contribution in [0, 0.1) is 0 Å². The Balaban J connectivity index is 2.71. The molecular formula is C9H14O2S. The lowest BCUT2D eigenvalue weighted by molar-refractivity contribution is 0.0661. The largest absolute Gasteiger partial charge is 0.385 e. The predicted octanol–water partition coefficient (Wildman–Crippen LogP) is 1.99. The molecule has 0 aliphatic heterocycles. The van der Waals surface area contributed by atoms with E-state index in [1.54, 1.807) is 18.4 Å². The van der Waals surface area contributed by atoms with Crippen molar-refractivity contribution in [1.82, 2.24) is 0 Å². The molecule has 1 rings (SSSR count). The van der Waals surface area contributed by atoms with Crippen LogP contribution < -0.4 is 0 Å². The molecule has 1 aromatic heterocycles. The van der Waals surface area contributed by atoms with Gasteiger partial charge in [0.2, 0.25) is 0 Å². The van der Waals surface area contributed by atoms with Crippen LogP contribution in [0.1, 0.15) is 23.5 Å². The van der Waals surface area contributed by atoms with Gasteiger partial charge in [0.15, 0.2) is 0 Å². The minimum absolute atomic E-state index is 0.382. The lowest BCUT2D eigenvalue weighted by Crippen LogP contribution is -2.04. The molecular weight excluding hydrogens is 172 g/mol. The van der Waals surface area contributed by atoms with Crippen LogP contribution in [-0.2, 0) is 11.2 Å². The quantitative estimate of drug-likeness (QED) is 0.779. The van der Waals surface area contributed by atoms with Gasteiger partial charge in [-0.05, 0) is 23.4 Å². The van der Waals surface area contributed by atoms with Gasteiger partial charge in [-0.1, -0.05) is 6.92 Å². The molecule has 0 bridgehead atoms. The third-order valence-corrected chi connectivity index (χ3v) is 2.85. The highest BCUT2D eigenvalue weighted by Gasteiger charge is 2.11. The molecule has 0 aromatic carbocycles. The Bertz CT molecular complexity index is 232. The fraction of sp³-hybridized carbons (Fsp3) is 0.556. The molecule has 1 heterocycles. The van der Waals surface area contributed by atoms with Gasteiger partial charge in [0, 0.05) is 12.0 Å². The first-order valence-electron chi connectivity index (χ1n) is 4.02. The number of aliphatic hydroxyl groups is 1. The van der Waals surface area contributed by atoms with E-state index in [1.165, 1.54) is 5.56 Å². The Labute approximate surface area is 76.8 Å². The molecule has 0 saturated heterocycles. The molecule has 0 amide bonds. The first-order valence-corrected chi connectivity index (χ1v) is 4.90. The zero-order valence-corrected chi connectivity index (χ0v) is 8.23. The summed E-state index contributed by atoms with van der Waals surface area (Å²) in [5, 5.41) is 11.6. The number of methoxy groups -OCH3 is 1. The second-order valence-electron chi connectivity index (χ2n) is 2.63. The number of rotatable bonds is 4. The summed E-state index contributed by atoms with van der Waals surface area (Å²) in [6.45, 7) is 2.47. The van der Waals surface area contributed by atoms with Crippen molar-refractivity contribution in [3.8, 4) is 0 Å². The fourth-order valence-electron chi connectivity index (χ4n) is 1.17. The maximum atomic E-state index is 9.61. The maximum Gasteiger partial charge on any atom is 0.112 e. The van der Waals surface area contributed by atoms with E-state index >= 15 is 0 Å². The van der Waals surface area contributed by atoms with Crippen LogP contribution in [-0.4, -0.2) is 18.8 Å². The minimum atomic E-state index is -0.454. The van der Waals surface area contributed by atoms with Crippen LogP contribution in [0.15, 0.2) is 11.4 Å². The SMILES string of the molecule is CCc1ccsc1C(O)COC. The average molecular weight is 186 g/mol. The summed E-state index contributed by atoms with van der Waals surface area (Å²) < 4.78 is 4.88. The summed E-state index contributed by atoms with van der Waals surface area (Å²) in [4.78, 5) is 1.04.